The molecule has 0 saturated heterocycles. The summed E-state index contributed by atoms with van der Waals surface area (Å²) in [6.07, 6.45) is 3.81. The molecule has 92 valence electrons. The molecule has 4 nitrogen and oxygen atoms in total. The van der Waals surface area contributed by atoms with Crippen molar-refractivity contribution in [3.8, 4) is 0 Å². The van der Waals surface area contributed by atoms with Crippen LogP contribution in [-0.4, -0.2) is 23.2 Å². The van der Waals surface area contributed by atoms with E-state index in [2.05, 4.69) is 6.58 Å². The van der Waals surface area contributed by atoms with E-state index in [9.17, 15) is 4.79 Å². The van der Waals surface area contributed by atoms with Crippen molar-refractivity contribution in [3.05, 3.63) is 24.3 Å². The van der Waals surface area contributed by atoms with E-state index in [0.29, 0.717) is 13.0 Å². The summed E-state index contributed by atoms with van der Waals surface area (Å²) in [5, 5.41) is 1.09. The highest BCUT2D eigenvalue weighted by atomic mass is 16.6. The molecule has 0 aliphatic heterocycles. The second-order valence-corrected chi connectivity index (χ2v) is 4.67. The molecule has 4 heteroatoms. The Morgan fingerprint density at radius 1 is 1.50 bits per heavy atom. The number of rotatable bonds is 4. The maximum atomic E-state index is 11.5. The molecule has 2 N–H and O–H groups in total. The Labute approximate surface area is 97.7 Å². The van der Waals surface area contributed by atoms with E-state index in [1.807, 2.05) is 33.8 Å². The van der Waals surface area contributed by atoms with Crippen molar-refractivity contribution in [1.29, 1.82) is 0 Å². The molecule has 0 aliphatic rings. The average Bonchev–Trinajstić information content (AvgIpc) is 2.11. The first-order chi connectivity index (χ1) is 7.26. The van der Waals surface area contributed by atoms with Gasteiger partial charge in [-0.25, -0.2) is 15.6 Å². The van der Waals surface area contributed by atoms with Gasteiger partial charge in [-0.15, -0.1) is 0 Å². The zero-order valence-electron chi connectivity index (χ0n) is 10.6. The summed E-state index contributed by atoms with van der Waals surface area (Å²) >= 11 is 0. The van der Waals surface area contributed by atoms with Crippen LogP contribution in [0, 0.1) is 0 Å². The van der Waals surface area contributed by atoms with Crippen LogP contribution in [0.4, 0.5) is 4.79 Å². The van der Waals surface area contributed by atoms with E-state index in [0.717, 1.165) is 10.6 Å². The van der Waals surface area contributed by atoms with Gasteiger partial charge >= 0.3 is 6.09 Å². The normalized spacial score (nSPS) is 12.2. The quantitative estimate of drug-likeness (QED) is 0.347. The van der Waals surface area contributed by atoms with Crippen molar-refractivity contribution in [3.63, 3.8) is 0 Å². The zero-order chi connectivity index (χ0) is 12.8. The van der Waals surface area contributed by atoms with Gasteiger partial charge in [0.05, 0.1) is 0 Å². The predicted molar refractivity (Wildman–Crippen MR) is 65.7 cm³/mol. The molecule has 0 aliphatic carbocycles. The highest BCUT2D eigenvalue weighted by Crippen LogP contribution is 2.09. The summed E-state index contributed by atoms with van der Waals surface area (Å²) < 4.78 is 5.11. The third kappa shape index (κ3) is 7.06. The monoisotopic (exact) mass is 226 g/mol. The predicted octanol–water partition coefficient (Wildman–Crippen LogP) is 2.62. The lowest BCUT2D eigenvalue weighted by atomic mass is 10.2. The number of ether oxygens (including phenoxy) is 1. The molecule has 0 aromatic rings. The fourth-order valence-electron chi connectivity index (χ4n) is 0.993. The second-order valence-electron chi connectivity index (χ2n) is 4.67. The Hall–Kier alpha value is -1.29. The summed E-state index contributed by atoms with van der Waals surface area (Å²) in [5.74, 6) is 5.57. The summed E-state index contributed by atoms with van der Waals surface area (Å²) in [7, 11) is 0. The number of nitrogens with two attached hydrogens (primary N) is 1. The molecular formula is C12H22N2O2. The highest BCUT2D eigenvalue weighted by Gasteiger charge is 2.19. The standard InChI is InChI=1S/C12H22N2O2/c1-6-7-10(2)8-9-14(13)11(15)16-12(3,4)5/h6-7H,1,8-9,13H2,2-5H3/b10-7+. The number of hydrogen-bond donors (Lipinski definition) is 1. The Bertz CT molecular complexity index is 277. The van der Waals surface area contributed by atoms with Crippen LogP contribution in [0.5, 0.6) is 0 Å². The Balaban J connectivity index is 4.07. The SMILES string of the molecule is C=C/C=C(\C)CCN(N)C(=O)OC(C)(C)C. The van der Waals surface area contributed by atoms with Gasteiger partial charge < -0.3 is 4.74 Å². The van der Waals surface area contributed by atoms with Gasteiger partial charge in [0.15, 0.2) is 0 Å². The van der Waals surface area contributed by atoms with E-state index in [4.69, 9.17) is 10.6 Å². The lowest BCUT2D eigenvalue weighted by Crippen LogP contribution is -2.42. The van der Waals surface area contributed by atoms with Gasteiger partial charge in [-0.05, 0) is 34.1 Å². The molecule has 1 amide bonds. The van der Waals surface area contributed by atoms with Crippen molar-refractivity contribution < 1.29 is 9.53 Å². The van der Waals surface area contributed by atoms with Gasteiger partial charge in [-0.1, -0.05) is 24.3 Å². The summed E-state index contributed by atoms with van der Waals surface area (Å²) in [6.45, 7) is 11.4. The van der Waals surface area contributed by atoms with Crippen LogP contribution < -0.4 is 5.84 Å². The Morgan fingerprint density at radius 2 is 2.06 bits per heavy atom. The average molecular weight is 226 g/mol. The molecule has 0 heterocycles. The van der Waals surface area contributed by atoms with E-state index in [1.54, 1.807) is 6.08 Å². The lowest BCUT2D eigenvalue weighted by Gasteiger charge is -2.24. The fourth-order valence-corrected chi connectivity index (χ4v) is 0.993. The first-order valence-corrected chi connectivity index (χ1v) is 5.29. The molecule has 0 rings (SSSR count). The number of allylic oxidation sites excluding steroid dienone is 2. The van der Waals surface area contributed by atoms with Crippen molar-refractivity contribution in [2.24, 2.45) is 5.84 Å². The van der Waals surface area contributed by atoms with Gasteiger partial charge in [0.1, 0.15) is 5.60 Å². The maximum Gasteiger partial charge on any atom is 0.424 e. The van der Waals surface area contributed by atoms with E-state index in [1.165, 1.54) is 0 Å². The molecule has 16 heavy (non-hydrogen) atoms. The number of hydrazine groups is 1. The van der Waals surface area contributed by atoms with Crippen LogP contribution in [0.2, 0.25) is 0 Å². The van der Waals surface area contributed by atoms with Crippen LogP contribution in [0.15, 0.2) is 24.3 Å². The van der Waals surface area contributed by atoms with Crippen molar-refractivity contribution in [2.75, 3.05) is 6.54 Å². The lowest BCUT2D eigenvalue weighted by molar-refractivity contribution is 0.0250. The van der Waals surface area contributed by atoms with E-state index >= 15 is 0 Å². The smallest absolute Gasteiger partial charge is 0.424 e. The molecule has 0 bridgehead atoms. The largest absolute Gasteiger partial charge is 0.443 e. The Morgan fingerprint density at radius 3 is 2.50 bits per heavy atom. The van der Waals surface area contributed by atoms with Crippen molar-refractivity contribution in [2.45, 2.75) is 39.7 Å². The van der Waals surface area contributed by atoms with Crippen LogP contribution in [0.25, 0.3) is 0 Å². The molecule has 0 atom stereocenters. The number of hydrogen-bond acceptors (Lipinski definition) is 3. The van der Waals surface area contributed by atoms with Gasteiger partial charge in [0.2, 0.25) is 0 Å². The van der Waals surface area contributed by atoms with Crippen LogP contribution >= 0.6 is 0 Å². The number of nitrogens with zero attached hydrogens (tertiary/aromatic N) is 1. The molecule has 0 radical (unpaired) electrons. The van der Waals surface area contributed by atoms with E-state index in [-0.39, 0.29) is 0 Å². The summed E-state index contributed by atoms with van der Waals surface area (Å²) in [6, 6.07) is 0. The molecule has 0 aromatic carbocycles. The zero-order valence-corrected chi connectivity index (χ0v) is 10.6. The van der Waals surface area contributed by atoms with Crippen LogP contribution in [-0.2, 0) is 4.74 Å². The second kappa shape index (κ2) is 6.33. The number of carbonyl (C=O) groups excluding carboxylic acids is 1. The van der Waals surface area contributed by atoms with Crippen molar-refractivity contribution in [1.82, 2.24) is 5.01 Å². The first kappa shape index (κ1) is 14.7. The minimum atomic E-state index is -0.513. The fraction of sp³-hybridized carbons (Fsp3) is 0.583. The first-order valence-electron chi connectivity index (χ1n) is 5.29. The van der Waals surface area contributed by atoms with Gasteiger partial charge in [-0.3, -0.25) is 0 Å². The topological polar surface area (TPSA) is 55.6 Å². The van der Waals surface area contributed by atoms with Crippen molar-refractivity contribution >= 4 is 6.09 Å². The molecule has 0 unspecified atom stereocenters. The maximum absolute atomic E-state index is 11.5. The molecule has 0 spiro atoms. The molecule has 0 fully saturated rings. The Kier molecular flexibility index (Phi) is 5.82. The highest BCUT2D eigenvalue weighted by molar-refractivity contribution is 5.67. The molecular weight excluding hydrogens is 204 g/mol. The number of amides is 1. The summed E-state index contributed by atoms with van der Waals surface area (Å²) in [4.78, 5) is 11.5. The molecule has 0 saturated carbocycles. The van der Waals surface area contributed by atoms with Crippen LogP contribution in [0.3, 0.4) is 0 Å². The third-order valence-corrected chi connectivity index (χ3v) is 1.78. The number of carbonyl (C=O) groups is 1. The van der Waals surface area contributed by atoms with Crippen LogP contribution in [0.1, 0.15) is 34.1 Å². The van der Waals surface area contributed by atoms with Gasteiger partial charge in [-0.2, -0.15) is 0 Å². The van der Waals surface area contributed by atoms with E-state index < -0.39 is 11.7 Å². The summed E-state index contributed by atoms with van der Waals surface area (Å²) in [5.41, 5.74) is 0.606. The minimum Gasteiger partial charge on any atom is -0.443 e. The minimum absolute atomic E-state index is 0.436. The van der Waals surface area contributed by atoms with Gasteiger partial charge in [0.25, 0.3) is 0 Å². The molecule has 0 aromatic heterocycles. The third-order valence-electron chi connectivity index (χ3n) is 1.78. The van der Waals surface area contributed by atoms with Gasteiger partial charge in [0, 0.05) is 6.54 Å².